The van der Waals surface area contributed by atoms with Gasteiger partial charge in [-0.1, -0.05) is 0 Å². The van der Waals surface area contributed by atoms with Gasteiger partial charge >= 0.3 is 0 Å². The van der Waals surface area contributed by atoms with Crippen LogP contribution in [-0.2, 0) is 18.9 Å². The van der Waals surface area contributed by atoms with E-state index in [4.69, 9.17) is 18.9 Å². The molecule has 4 heteroatoms. The van der Waals surface area contributed by atoms with Gasteiger partial charge in [0.25, 0.3) is 0 Å². The molecule has 2 fully saturated rings. The molecule has 0 bridgehead atoms. The summed E-state index contributed by atoms with van der Waals surface area (Å²) < 4.78 is 22.7. The Labute approximate surface area is 116 Å². The van der Waals surface area contributed by atoms with Crippen molar-refractivity contribution in [3.8, 4) is 0 Å². The highest BCUT2D eigenvalue weighted by molar-refractivity contribution is 4.73. The molecule has 0 radical (unpaired) electrons. The summed E-state index contributed by atoms with van der Waals surface area (Å²) in [6, 6.07) is 0. The molecule has 0 aliphatic carbocycles. The van der Waals surface area contributed by atoms with Crippen molar-refractivity contribution in [3.63, 3.8) is 0 Å². The van der Waals surface area contributed by atoms with E-state index in [1.54, 1.807) is 7.11 Å². The first-order valence-electron chi connectivity index (χ1n) is 7.77. The Morgan fingerprint density at radius 3 is 2.68 bits per heavy atom. The number of hydrogen-bond acceptors (Lipinski definition) is 4. The number of unbranched alkanes of at least 4 members (excludes halogenated alkanes) is 1. The standard InChI is InChI=1S/C15H28O4/c1-16-15(10-4-7-13-19-15)9-3-6-12-18-14-8-2-5-11-17-14/h14H,2-13H2,1H3/t14?,15-/m1/s1. The Morgan fingerprint density at radius 2 is 2.00 bits per heavy atom. The third kappa shape index (κ3) is 5.03. The molecule has 0 aromatic rings. The van der Waals surface area contributed by atoms with E-state index < -0.39 is 0 Å². The molecule has 0 amide bonds. The lowest BCUT2D eigenvalue weighted by Crippen LogP contribution is -2.38. The predicted octanol–water partition coefficient (Wildman–Crippen LogP) is 3.24. The molecular weight excluding hydrogens is 244 g/mol. The van der Waals surface area contributed by atoms with Crippen molar-refractivity contribution in [3.05, 3.63) is 0 Å². The Hall–Kier alpha value is -0.160. The summed E-state index contributed by atoms with van der Waals surface area (Å²) in [7, 11) is 1.76. The van der Waals surface area contributed by atoms with E-state index in [0.717, 1.165) is 58.3 Å². The fourth-order valence-corrected chi connectivity index (χ4v) is 2.84. The summed E-state index contributed by atoms with van der Waals surface area (Å²) in [4.78, 5) is 0. The van der Waals surface area contributed by atoms with Gasteiger partial charge < -0.3 is 18.9 Å². The predicted molar refractivity (Wildman–Crippen MR) is 72.9 cm³/mol. The number of ether oxygens (including phenoxy) is 4. The first kappa shape index (κ1) is 15.2. The van der Waals surface area contributed by atoms with Crippen LogP contribution in [0.1, 0.15) is 57.8 Å². The molecule has 0 N–H and O–H groups in total. The van der Waals surface area contributed by atoms with Crippen molar-refractivity contribution in [2.24, 2.45) is 0 Å². The van der Waals surface area contributed by atoms with Crippen LogP contribution in [-0.4, -0.2) is 39.0 Å². The summed E-state index contributed by atoms with van der Waals surface area (Å²) >= 11 is 0. The van der Waals surface area contributed by atoms with Gasteiger partial charge in [-0.05, 0) is 44.9 Å². The van der Waals surface area contributed by atoms with E-state index in [2.05, 4.69) is 0 Å². The molecular formula is C15H28O4. The van der Waals surface area contributed by atoms with Gasteiger partial charge in [-0.2, -0.15) is 0 Å². The highest BCUT2D eigenvalue weighted by atomic mass is 16.7. The van der Waals surface area contributed by atoms with E-state index in [-0.39, 0.29) is 12.1 Å². The van der Waals surface area contributed by atoms with E-state index in [1.165, 1.54) is 19.3 Å². The van der Waals surface area contributed by atoms with Crippen LogP contribution in [0.2, 0.25) is 0 Å². The molecule has 19 heavy (non-hydrogen) atoms. The normalized spacial score (nSPS) is 32.4. The maximum atomic E-state index is 5.82. The summed E-state index contributed by atoms with van der Waals surface area (Å²) in [5.41, 5.74) is 0. The van der Waals surface area contributed by atoms with Gasteiger partial charge in [0.05, 0.1) is 6.61 Å². The third-order valence-corrected chi connectivity index (χ3v) is 4.08. The number of methoxy groups -OCH3 is 1. The number of rotatable bonds is 7. The van der Waals surface area contributed by atoms with Crippen molar-refractivity contribution in [2.75, 3.05) is 26.9 Å². The SMILES string of the molecule is CO[C@@]1(CCCCOC2CCCCO2)CCCCO1. The average Bonchev–Trinajstić information content (AvgIpc) is 2.49. The highest BCUT2D eigenvalue weighted by Gasteiger charge is 2.32. The fraction of sp³-hybridized carbons (Fsp3) is 1.00. The Kier molecular flexibility index (Phi) is 6.57. The van der Waals surface area contributed by atoms with Crippen molar-refractivity contribution in [1.82, 2.24) is 0 Å². The van der Waals surface area contributed by atoms with Gasteiger partial charge in [0, 0.05) is 33.2 Å². The average molecular weight is 272 g/mol. The van der Waals surface area contributed by atoms with Crippen LogP contribution in [0.4, 0.5) is 0 Å². The second kappa shape index (κ2) is 8.20. The van der Waals surface area contributed by atoms with Crippen LogP contribution < -0.4 is 0 Å². The maximum Gasteiger partial charge on any atom is 0.167 e. The van der Waals surface area contributed by atoms with E-state index in [0.29, 0.717) is 0 Å². The van der Waals surface area contributed by atoms with Crippen molar-refractivity contribution >= 4 is 0 Å². The van der Waals surface area contributed by atoms with Gasteiger partial charge in [0.1, 0.15) is 0 Å². The van der Waals surface area contributed by atoms with Crippen molar-refractivity contribution in [2.45, 2.75) is 69.9 Å². The zero-order valence-corrected chi connectivity index (χ0v) is 12.2. The van der Waals surface area contributed by atoms with Gasteiger partial charge in [-0.15, -0.1) is 0 Å². The molecule has 2 aliphatic heterocycles. The minimum atomic E-state index is -0.320. The lowest BCUT2D eigenvalue weighted by Gasteiger charge is -2.36. The van der Waals surface area contributed by atoms with Gasteiger partial charge in [0.15, 0.2) is 12.1 Å². The number of hydrogen-bond donors (Lipinski definition) is 0. The molecule has 2 heterocycles. The quantitative estimate of drug-likeness (QED) is 0.667. The van der Waals surface area contributed by atoms with E-state index in [1.807, 2.05) is 0 Å². The van der Waals surface area contributed by atoms with E-state index >= 15 is 0 Å². The zero-order chi connectivity index (χ0) is 13.4. The second-order valence-corrected chi connectivity index (χ2v) is 5.54. The molecule has 2 rings (SSSR count). The summed E-state index contributed by atoms with van der Waals surface area (Å²) in [6.07, 6.45) is 9.98. The monoisotopic (exact) mass is 272 g/mol. The molecule has 0 spiro atoms. The van der Waals surface area contributed by atoms with Crippen LogP contribution in [0.15, 0.2) is 0 Å². The minimum absolute atomic E-state index is 0.0380. The van der Waals surface area contributed by atoms with Gasteiger partial charge in [0.2, 0.25) is 0 Å². The lowest BCUT2D eigenvalue weighted by molar-refractivity contribution is -0.246. The molecule has 0 saturated carbocycles. The van der Waals surface area contributed by atoms with Crippen LogP contribution in [0.3, 0.4) is 0 Å². The smallest absolute Gasteiger partial charge is 0.167 e. The Morgan fingerprint density at radius 1 is 1.11 bits per heavy atom. The zero-order valence-electron chi connectivity index (χ0n) is 12.2. The molecule has 1 unspecified atom stereocenters. The van der Waals surface area contributed by atoms with Gasteiger partial charge in [-0.25, -0.2) is 0 Å². The van der Waals surface area contributed by atoms with E-state index in [9.17, 15) is 0 Å². The van der Waals surface area contributed by atoms with Crippen LogP contribution in [0.5, 0.6) is 0 Å². The molecule has 4 nitrogen and oxygen atoms in total. The summed E-state index contributed by atoms with van der Waals surface area (Å²) in [5, 5.41) is 0. The summed E-state index contributed by atoms with van der Waals surface area (Å²) in [5.74, 6) is -0.320. The molecule has 112 valence electrons. The molecule has 2 aliphatic rings. The largest absolute Gasteiger partial charge is 0.353 e. The molecule has 0 aromatic heterocycles. The van der Waals surface area contributed by atoms with Gasteiger partial charge in [-0.3, -0.25) is 0 Å². The second-order valence-electron chi connectivity index (χ2n) is 5.54. The van der Waals surface area contributed by atoms with Crippen LogP contribution in [0.25, 0.3) is 0 Å². The minimum Gasteiger partial charge on any atom is -0.353 e. The highest BCUT2D eigenvalue weighted by Crippen LogP contribution is 2.30. The van der Waals surface area contributed by atoms with Crippen molar-refractivity contribution < 1.29 is 18.9 Å². The van der Waals surface area contributed by atoms with Crippen LogP contribution in [0, 0.1) is 0 Å². The maximum absolute atomic E-state index is 5.82. The van der Waals surface area contributed by atoms with Crippen molar-refractivity contribution in [1.29, 1.82) is 0 Å². The fourth-order valence-electron chi connectivity index (χ4n) is 2.84. The molecule has 2 atom stereocenters. The third-order valence-electron chi connectivity index (χ3n) is 4.08. The Balaban J connectivity index is 1.55. The molecule has 0 aromatic carbocycles. The Bertz CT molecular complexity index is 232. The lowest BCUT2D eigenvalue weighted by atomic mass is 9.99. The molecule has 2 saturated heterocycles. The van der Waals surface area contributed by atoms with Crippen LogP contribution >= 0.6 is 0 Å². The topological polar surface area (TPSA) is 36.9 Å². The first-order valence-corrected chi connectivity index (χ1v) is 7.77. The summed E-state index contributed by atoms with van der Waals surface area (Å²) in [6.45, 7) is 2.47. The first-order chi connectivity index (χ1) is 9.35.